The van der Waals surface area contributed by atoms with Crippen molar-refractivity contribution < 1.29 is 0 Å². The molecule has 3 nitrogen and oxygen atoms in total. The van der Waals surface area contributed by atoms with Gasteiger partial charge in [-0.3, -0.25) is 0 Å². The summed E-state index contributed by atoms with van der Waals surface area (Å²) in [4.78, 5) is 9.24. The molecule has 0 amide bonds. The highest BCUT2D eigenvalue weighted by molar-refractivity contribution is 7.19. The molecule has 1 aromatic carbocycles. The second kappa shape index (κ2) is 6.47. The van der Waals surface area contributed by atoms with E-state index in [1.807, 2.05) is 20.0 Å². The fraction of sp³-hybridized carbons (Fsp3) is 0.250. The van der Waals surface area contributed by atoms with Gasteiger partial charge in [0.15, 0.2) is 10.0 Å². The number of benzene rings is 1. The van der Waals surface area contributed by atoms with Crippen LogP contribution in [-0.4, -0.2) is 17.0 Å². The Morgan fingerprint density at radius 3 is 2.43 bits per heavy atom. The molecule has 0 aliphatic heterocycles. The summed E-state index contributed by atoms with van der Waals surface area (Å²) >= 11 is 3.33. The van der Waals surface area contributed by atoms with Crippen molar-refractivity contribution in [1.29, 1.82) is 0 Å². The van der Waals surface area contributed by atoms with Gasteiger partial charge in [0.1, 0.15) is 0 Å². The average Bonchev–Trinajstić information content (AvgIpc) is 3.14. The molecule has 0 saturated heterocycles. The normalized spacial score (nSPS) is 12.5. The lowest BCUT2D eigenvalue weighted by molar-refractivity contribution is 0.586. The van der Waals surface area contributed by atoms with Gasteiger partial charge >= 0.3 is 0 Å². The van der Waals surface area contributed by atoms with E-state index in [0.717, 1.165) is 27.8 Å². The molecule has 1 N–H and O–H groups in total. The summed E-state index contributed by atoms with van der Waals surface area (Å²) in [7, 11) is 2.00. The molecule has 5 heteroatoms. The Balaban J connectivity index is 1.77. The van der Waals surface area contributed by atoms with Gasteiger partial charge in [-0.2, -0.15) is 0 Å². The second-order valence-corrected chi connectivity index (χ2v) is 6.61. The smallest absolute Gasteiger partial charge is 0.152 e. The third kappa shape index (κ3) is 3.37. The fourth-order valence-corrected chi connectivity index (χ4v) is 3.91. The van der Waals surface area contributed by atoms with Crippen LogP contribution in [0.5, 0.6) is 0 Å². The van der Waals surface area contributed by atoms with Crippen LogP contribution in [0.2, 0.25) is 0 Å². The zero-order valence-corrected chi connectivity index (χ0v) is 13.7. The molecule has 0 spiro atoms. The third-order valence-electron chi connectivity index (χ3n) is 3.32. The first kappa shape index (κ1) is 14.4. The monoisotopic (exact) mass is 315 g/mol. The van der Waals surface area contributed by atoms with E-state index in [1.54, 1.807) is 22.7 Å². The lowest BCUT2D eigenvalue weighted by Gasteiger charge is -2.15. The van der Waals surface area contributed by atoms with Crippen molar-refractivity contribution in [3.8, 4) is 10.0 Å². The van der Waals surface area contributed by atoms with Crippen molar-refractivity contribution in [3.63, 3.8) is 0 Å². The summed E-state index contributed by atoms with van der Waals surface area (Å²) in [6.45, 7) is 2.01. The van der Waals surface area contributed by atoms with Crippen LogP contribution in [0.15, 0.2) is 41.1 Å². The van der Waals surface area contributed by atoms with Gasteiger partial charge in [0.2, 0.25) is 0 Å². The van der Waals surface area contributed by atoms with Crippen LogP contribution in [-0.2, 0) is 6.42 Å². The molecule has 1 unspecified atom stereocenters. The van der Waals surface area contributed by atoms with E-state index in [1.165, 1.54) is 5.56 Å². The molecule has 108 valence electrons. The summed E-state index contributed by atoms with van der Waals surface area (Å²) in [5.41, 5.74) is 3.47. The SMILES string of the molecule is CNC(Cc1csc(-c2nc(C)cs2)n1)c1ccccc1. The predicted octanol–water partition coefficient (Wildman–Crippen LogP) is 4.08. The van der Waals surface area contributed by atoms with E-state index in [2.05, 4.69) is 45.3 Å². The van der Waals surface area contributed by atoms with Crippen molar-refractivity contribution in [1.82, 2.24) is 15.3 Å². The van der Waals surface area contributed by atoms with Gasteiger partial charge in [0.05, 0.1) is 5.69 Å². The van der Waals surface area contributed by atoms with Crippen molar-refractivity contribution in [2.45, 2.75) is 19.4 Å². The van der Waals surface area contributed by atoms with Crippen LogP contribution >= 0.6 is 22.7 Å². The molecule has 2 aromatic heterocycles. The standard InChI is InChI=1S/C16H17N3S2/c1-11-9-20-15(18-11)16-19-13(10-21-16)8-14(17-2)12-6-4-3-5-7-12/h3-7,9-10,14,17H,8H2,1-2H3. The third-order valence-corrected chi connectivity index (χ3v) is 5.31. The molecule has 0 bridgehead atoms. The first-order valence-corrected chi connectivity index (χ1v) is 8.61. The van der Waals surface area contributed by atoms with Crippen LogP contribution in [0.25, 0.3) is 10.0 Å². The van der Waals surface area contributed by atoms with Crippen molar-refractivity contribution >= 4 is 22.7 Å². The number of hydrogen-bond acceptors (Lipinski definition) is 5. The molecule has 21 heavy (non-hydrogen) atoms. The highest BCUT2D eigenvalue weighted by Crippen LogP contribution is 2.28. The van der Waals surface area contributed by atoms with Gasteiger partial charge in [0.25, 0.3) is 0 Å². The largest absolute Gasteiger partial charge is 0.313 e. The number of nitrogens with zero attached hydrogens (tertiary/aromatic N) is 2. The number of hydrogen-bond donors (Lipinski definition) is 1. The van der Waals surface area contributed by atoms with Crippen LogP contribution in [0.3, 0.4) is 0 Å². The second-order valence-electron chi connectivity index (χ2n) is 4.89. The zero-order chi connectivity index (χ0) is 14.7. The first-order valence-electron chi connectivity index (χ1n) is 6.85. The summed E-state index contributed by atoms with van der Waals surface area (Å²) in [5.74, 6) is 0. The van der Waals surface area contributed by atoms with Gasteiger partial charge in [0, 0.05) is 28.9 Å². The Kier molecular flexibility index (Phi) is 4.43. The van der Waals surface area contributed by atoms with Crippen molar-refractivity contribution in [2.24, 2.45) is 0 Å². The number of thiazole rings is 2. The summed E-state index contributed by atoms with van der Waals surface area (Å²) < 4.78 is 0. The Morgan fingerprint density at radius 1 is 1.05 bits per heavy atom. The summed E-state index contributed by atoms with van der Waals surface area (Å²) in [6, 6.07) is 10.8. The maximum Gasteiger partial charge on any atom is 0.152 e. The van der Waals surface area contributed by atoms with E-state index < -0.39 is 0 Å². The molecule has 0 saturated carbocycles. The Labute approximate surface area is 132 Å². The quantitative estimate of drug-likeness (QED) is 0.771. The molecular weight excluding hydrogens is 298 g/mol. The maximum atomic E-state index is 4.73. The van der Waals surface area contributed by atoms with E-state index >= 15 is 0 Å². The van der Waals surface area contributed by atoms with Crippen LogP contribution in [0.4, 0.5) is 0 Å². The molecule has 1 atom stereocenters. The molecule has 2 heterocycles. The van der Waals surface area contributed by atoms with Crippen LogP contribution < -0.4 is 5.32 Å². The number of aromatic nitrogens is 2. The van der Waals surface area contributed by atoms with Crippen LogP contribution in [0, 0.1) is 6.92 Å². The molecular formula is C16H17N3S2. The molecule has 0 aliphatic rings. The van der Waals surface area contributed by atoms with Crippen molar-refractivity contribution in [2.75, 3.05) is 7.05 Å². The zero-order valence-electron chi connectivity index (χ0n) is 12.0. The molecule has 0 aliphatic carbocycles. The maximum absolute atomic E-state index is 4.73. The van der Waals surface area contributed by atoms with E-state index in [0.29, 0.717) is 6.04 Å². The minimum absolute atomic E-state index is 0.291. The Bertz CT molecular complexity index is 703. The number of rotatable bonds is 5. The average molecular weight is 315 g/mol. The Hall–Kier alpha value is -1.56. The molecule has 3 rings (SSSR count). The molecule has 3 aromatic rings. The number of nitrogens with one attached hydrogen (secondary N) is 1. The van der Waals surface area contributed by atoms with E-state index in [4.69, 9.17) is 4.98 Å². The molecule has 0 radical (unpaired) electrons. The van der Waals surface area contributed by atoms with Gasteiger partial charge in [-0.15, -0.1) is 22.7 Å². The Morgan fingerprint density at radius 2 is 1.76 bits per heavy atom. The summed E-state index contributed by atoms with van der Waals surface area (Å²) in [5, 5.41) is 9.61. The number of aryl methyl sites for hydroxylation is 1. The fourth-order valence-electron chi connectivity index (χ4n) is 2.23. The lowest BCUT2D eigenvalue weighted by atomic mass is 10.0. The van der Waals surface area contributed by atoms with Gasteiger partial charge < -0.3 is 5.32 Å². The molecule has 0 fully saturated rings. The first-order chi connectivity index (χ1) is 10.3. The van der Waals surface area contributed by atoms with Gasteiger partial charge in [-0.1, -0.05) is 30.3 Å². The minimum atomic E-state index is 0.291. The topological polar surface area (TPSA) is 37.8 Å². The van der Waals surface area contributed by atoms with E-state index in [-0.39, 0.29) is 0 Å². The van der Waals surface area contributed by atoms with E-state index in [9.17, 15) is 0 Å². The minimum Gasteiger partial charge on any atom is -0.313 e. The van der Waals surface area contributed by atoms with Gasteiger partial charge in [-0.25, -0.2) is 9.97 Å². The predicted molar refractivity (Wildman–Crippen MR) is 89.9 cm³/mol. The lowest BCUT2D eigenvalue weighted by Crippen LogP contribution is -2.18. The highest BCUT2D eigenvalue weighted by atomic mass is 32.1. The number of likely N-dealkylation sites (N-methyl/N-ethyl adjacent to an activating group) is 1. The summed E-state index contributed by atoms with van der Waals surface area (Å²) in [6.07, 6.45) is 0.890. The highest BCUT2D eigenvalue weighted by Gasteiger charge is 2.13. The van der Waals surface area contributed by atoms with Gasteiger partial charge in [-0.05, 0) is 19.5 Å². The van der Waals surface area contributed by atoms with Crippen LogP contribution in [0.1, 0.15) is 23.0 Å². The van der Waals surface area contributed by atoms with Crippen molar-refractivity contribution in [3.05, 3.63) is 58.0 Å².